The van der Waals surface area contributed by atoms with Crippen molar-refractivity contribution in [3.8, 4) is 5.75 Å². The molecule has 0 saturated carbocycles. The van der Waals surface area contributed by atoms with E-state index in [1.165, 1.54) is 24.3 Å². The minimum Gasteiger partial charge on any atom is -0.481 e. The maximum atomic E-state index is 12.9. The van der Waals surface area contributed by atoms with Crippen molar-refractivity contribution in [3.63, 3.8) is 0 Å². The molecule has 6 heteroatoms. The second-order valence-electron chi connectivity index (χ2n) is 5.99. The number of benzene rings is 2. The highest BCUT2D eigenvalue weighted by molar-refractivity contribution is 5.80. The number of rotatable bonds is 7. The number of amides is 1. The zero-order valence-corrected chi connectivity index (χ0v) is 14.4. The van der Waals surface area contributed by atoms with Gasteiger partial charge >= 0.3 is 0 Å². The number of hydrogen-bond donors (Lipinski definition) is 1. The molecule has 0 radical (unpaired) electrons. The first-order valence-electron chi connectivity index (χ1n) is 8.33. The molecule has 0 aliphatic carbocycles. The molecule has 0 aliphatic rings. The second kappa shape index (κ2) is 8.29. The monoisotopic (exact) mass is 353 g/mol. The molecule has 1 heterocycles. The molecule has 1 amide bonds. The van der Waals surface area contributed by atoms with Crippen LogP contribution in [0.25, 0.3) is 0 Å². The zero-order chi connectivity index (χ0) is 18.4. The van der Waals surface area contributed by atoms with Gasteiger partial charge < -0.3 is 14.6 Å². The highest BCUT2D eigenvalue weighted by Gasteiger charge is 2.14. The fraction of sp³-hybridized carbons (Fsp3) is 0.200. The Morgan fingerprint density at radius 2 is 2.00 bits per heavy atom. The molecule has 3 rings (SSSR count). The molecule has 3 aromatic rings. The van der Waals surface area contributed by atoms with Crippen LogP contribution in [0.5, 0.6) is 5.75 Å². The molecule has 1 atom stereocenters. The van der Waals surface area contributed by atoms with Crippen LogP contribution in [0, 0.1) is 5.82 Å². The molecular weight excluding hydrogens is 333 g/mol. The predicted molar refractivity (Wildman–Crippen MR) is 96.1 cm³/mol. The molecule has 0 spiro atoms. The Hall–Kier alpha value is -3.15. The van der Waals surface area contributed by atoms with Crippen molar-refractivity contribution in [2.24, 2.45) is 0 Å². The Morgan fingerprint density at radius 1 is 1.23 bits per heavy atom. The van der Waals surface area contributed by atoms with Crippen LogP contribution >= 0.6 is 0 Å². The fourth-order valence-electron chi connectivity index (χ4n) is 2.53. The molecule has 0 aliphatic heterocycles. The van der Waals surface area contributed by atoms with Crippen LogP contribution in [-0.4, -0.2) is 21.6 Å². The standard InChI is InChI=1S/C20H20FN3O2/c1-15(26-19-7-5-18(21)6-8-19)20(25)23-12-16-3-2-4-17(11-16)13-24-10-9-22-14-24/h2-11,14-15H,12-13H2,1H3,(H,23,25)/t15-/m0/s1. The van der Waals surface area contributed by atoms with Gasteiger partial charge in [-0.25, -0.2) is 9.37 Å². The Balaban J connectivity index is 1.52. The van der Waals surface area contributed by atoms with Crippen LogP contribution in [0.3, 0.4) is 0 Å². The van der Waals surface area contributed by atoms with Crippen LogP contribution in [0.4, 0.5) is 4.39 Å². The number of hydrogen-bond acceptors (Lipinski definition) is 3. The van der Waals surface area contributed by atoms with Gasteiger partial charge in [-0.1, -0.05) is 24.3 Å². The van der Waals surface area contributed by atoms with Gasteiger partial charge in [0.05, 0.1) is 6.33 Å². The summed E-state index contributed by atoms with van der Waals surface area (Å²) in [6.07, 6.45) is 4.74. The van der Waals surface area contributed by atoms with E-state index in [1.807, 2.05) is 35.0 Å². The molecule has 0 unspecified atom stereocenters. The first kappa shape index (κ1) is 17.7. The van der Waals surface area contributed by atoms with E-state index >= 15 is 0 Å². The maximum absolute atomic E-state index is 12.9. The smallest absolute Gasteiger partial charge is 0.261 e. The van der Waals surface area contributed by atoms with Crippen LogP contribution in [0.2, 0.25) is 0 Å². The summed E-state index contributed by atoms with van der Waals surface area (Å²) in [4.78, 5) is 16.2. The highest BCUT2D eigenvalue weighted by atomic mass is 19.1. The number of carbonyl (C=O) groups excluding carboxylic acids is 1. The lowest BCUT2D eigenvalue weighted by Crippen LogP contribution is -2.35. The van der Waals surface area contributed by atoms with Crippen molar-refractivity contribution in [2.75, 3.05) is 0 Å². The van der Waals surface area contributed by atoms with E-state index in [0.717, 1.165) is 17.7 Å². The van der Waals surface area contributed by atoms with Crippen molar-refractivity contribution < 1.29 is 13.9 Å². The van der Waals surface area contributed by atoms with E-state index < -0.39 is 6.10 Å². The number of halogens is 1. The number of carbonyl (C=O) groups is 1. The van der Waals surface area contributed by atoms with Crippen LogP contribution in [0.1, 0.15) is 18.1 Å². The number of nitrogens with zero attached hydrogens (tertiary/aromatic N) is 2. The highest BCUT2D eigenvalue weighted by Crippen LogP contribution is 2.13. The quantitative estimate of drug-likeness (QED) is 0.710. The summed E-state index contributed by atoms with van der Waals surface area (Å²) in [6, 6.07) is 13.6. The number of imidazole rings is 1. The van der Waals surface area contributed by atoms with Gasteiger partial charge in [0.15, 0.2) is 6.10 Å². The van der Waals surface area contributed by atoms with E-state index in [4.69, 9.17) is 4.74 Å². The molecule has 2 aromatic carbocycles. The summed E-state index contributed by atoms with van der Waals surface area (Å²) in [5.41, 5.74) is 2.13. The molecule has 0 saturated heterocycles. The van der Waals surface area contributed by atoms with E-state index in [0.29, 0.717) is 12.3 Å². The minimum absolute atomic E-state index is 0.227. The molecule has 5 nitrogen and oxygen atoms in total. The maximum Gasteiger partial charge on any atom is 0.261 e. The third-order valence-electron chi connectivity index (χ3n) is 3.88. The Labute approximate surface area is 151 Å². The van der Waals surface area contributed by atoms with Crippen molar-refractivity contribution in [2.45, 2.75) is 26.1 Å². The predicted octanol–water partition coefficient (Wildman–Crippen LogP) is 3.15. The lowest BCUT2D eigenvalue weighted by atomic mass is 10.1. The van der Waals surface area contributed by atoms with E-state index in [2.05, 4.69) is 10.3 Å². The van der Waals surface area contributed by atoms with Crippen molar-refractivity contribution >= 4 is 5.91 Å². The molecule has 134 valence electrons. The zero-order valence-electron chi connectivity index (χ0n) is 14.4. The largest absolute Gasteiger partial charge is 0.481 e. The van der Waals surface area contributed by atoms with Crippen molar-refractivity contribution in [1.82, 2.24) is 14.9 Å². The fourth-order valence-corrected chi connectivity index (χ4v) is 2.53. The van der Waals surface area contributed by atoms with Gasteiger partial charge in [0.1, 0.15) is 11.6 Å². The molecular formula is C20H20FN3O2. The van der Waals surface area contributed by atoms with Gasteiger partial charge in [-0.15, -0.1) is 0 Å². The third kappa shape index (κ3) is 4.92. The first-order valence-corrected chi connectivity index (χ1v) is 8.33. The summed E-state index contributed by atoms with van der Waals surface area (Å²) in [7, 11) is 0. The van der Waals surface area contributed by atoms with Crippen LogP contribution in [0.15, 0.2) is 67.3 Å². The molecule has 0 bridgehead atoms. The number of nitrogens with one attached hydrogen (secondary N) is 1. The average Bonchev–Trinajstić information content (AvgIpc) is 3.15. The average molecular weight is 353 g/mol. The van der Waals surface area contributed by atoms with Gasteiger partial charge in [-0.05, 0) is 42.3 Å². The van der Waals surface area contributed by atoms with Crippen molar-refractivity contribution in [3.05, 3.63) is 84.2 Å². The van der Waals surface area contributed by atoms with E-state index in [1.54, 1.807) is 19.4 Å². The number of ether oxygens (including phenoxy) is 1. The summed E-state index contributed by atoms with van der Waals surface area (Å²) in [5.74, 6) is -0.115. The van der Waals surface area contributed by atoms with E-state index in [-0.39, 0.29) is 11.7 Å². The summed E-state index contributed by atoms with van der Waals surface area (Å²) in [6.45, 7) is 2.80. The van der Waals surface area contributed by atoms with Gasteiger partial charge in [-0.2, -0.15) is 0 Å². The Morgan fingerprint density at radius 3 is 2.73 bits per heavy atom. The minimum atomic E-state index is -0.672. The van der Waals surface area contributed by atoms with Crippen LogP contribution < -0.4 is 10.1 Å². The molecule has 0 fully saturated rings. The first-order chi connectivity index (χ1) is 12.6. The SMILES string of the molecule is C[C@H](Oc1ccc(F)cc1)C(=O)NCc1cccc(Cn2ccnc2)c1. The van der Waals surface area contributed by atoms with E-state index in [9.17, 15) is 9.18 Å². The normalized spacial score (nSPS) is 11.8. The lowest BCUT2D eigenvalue weighted by Gasteiger charge is -2.15. The van der Waals surface area contributed by atoms with Gasteiger partial charge in [-0.3, -0.25) is 4.79 Å². The molecule has 1 aromatic heterocycles. The molecule has 26 heavy (non-hydrogen) atoms. The second-order valence-corrected chi connectivity index (χ2v) is 5.99. The van der Waals surface area contributed by atoms with Gasteiger partial charge in [0, 0.05) is 25.5 Å². The third-order valence-corrected chi connectivity index (χ3v) is 3.88. The van der Waals surface area contributed by atoms with Crippen molar-refractivity contribution in [1.29, 1.82) is 0 Å². The Kier molecular flexibility index (Phi) is 5.63. The summed E-state index contributed by atoms with van der Waals surface area (Å²) in [5, 5.41) is 2.86. The Bertz CT molecular complexity index is 848. The lowest BCUT2D eigenvalue weighted by molar-refractivity contribution is -0.127. The van der Waals surface area contributed by atoms with Gasteiger partial charge in [0.25, 0.3) is 5.91 Å². The number of aromatic nitrogens is 2. The topological polar surface area (TPSA) is 56.1 Å². The summed E-state index contributed by atoms with van der Waals surface area (Å²) < 4.78 is 20.4. The van der Waals surface area contributed by atoms with Crippen LogP contribution in [-0.2, 0) is 17.9 Å². The summed E-state index contributed by atoms with van der Waals surface area (Å²) >= 11 is 0. The molecule has 1 N–H and O–H groups in total. The van der Waals surface area contributed by atoms with Gasteiger partial charge in [0.2, 0.25) is 0 Å².